The van der Waals surface area contributed by atoms with Crippen LogP contribution in [0, 0.1) is 24.2 Å². The van der Waals surface area contributed by atoms with Gasteiger partial charge in [-0.3, -0.25) is 9.59 Å². The number of hydrogen-bond acceptors (Lipinski definition) is 4. The van der Waals surface area contributed by atoms with E-state index >= 15 is 0 Å². The van der Waals surface area contributed by atoms with Crippen LogP contribution in [0.1, 0.15) is 55.2 Å². The van der Waals surface area contributed by atoms with Crippen molar-refractivity contribution >= 4 is 34.0 Å². The van der Waals surface area contributed by atoms with Gasteiger partial charge in [0, 0.05) is 10.0 Å². The van der Waals surface area contributed by atoms with Crippen LogP contribution < -0.4 is 10.7 Å². The molecule has 4 saturated carbocycles. The number of nitrogens with zero attached hydrogens (tertiary/aromatic N) is 1. The van der Waals surface area contributed by atoms with Crippen molar-refractivity contribution in [3.05, 3.63) is 63.6 Å². The van der Waals surface area contributed by atoms with Crippen molar-refractivity contribution in [2.24, 2.45) is 22.4 Å². The number of carbonyl (C=O) groups excluding carboxylic acids is 2. The summed E-state index contributed by atoms with van der Waals surface area (Å²) < 4.78 is 0.796. The Kier molecular flexibility index (Phi) is 6.00. The van der Waals surface area contributed by atoms with E-state index in [1.54, 1.807) is 18.2 Å². The van der Waals surface area contributed by atoms with Crippen LogP contribution in [0.15, 0.2) is 52.0 Å². The first-order valence-electron chi connectivity index (χ1n) is 11.9. The number of benzene rings is 2. The van der Waals surface area contributed by atoms with E-state index in [2.05, 4.69) is 63.0 Å². The fraction of sp³-hybridized carbons (Fsp3) is 0.444. The Bertz CT molecular complexity index is 1130. The number of hydrogen-bond donors (Lipinski definition) is 3. The van der Waals surface area contributed by atoms with E-state index in [9.17, 15) is 14.7 Å². The van der Waals surface area contributed by atoms with Gasteiger partial charge in [-0.2, -0.15) is 5.10 Å². The summed E-state index contributed by atoms with van der Waals surface area (Å²) in [5, 5.41) is 16.7. The van der Waals surface area contributed by atoms with Gasteiger partial charge in [0.05, 0.1) is 18.2 Å². The largest absolute Gasteiger partial charge is 0.507 e. The smallest absolute Gasteiger partial charge is 0.259 e. The monoisotopic (exact) mass is 523 g/mol. The van der Waals surface area contributed by atoms with Crippen molar-refractivity contribution in [1.29, 1.82) is 0 Å². The number of nitrogens with one attached hydrogen (secondary N) is 2. The molecule has 0 radical (unpaired) electrons. The van der Waals surface area contributed by atoms with Crippen LogP contribution in [0.5, 0.6) is 5.75 Å². The Labute approximate surface area is 208 Å². The third kappa shape index (κ3) is 4.38. The number of amides is 2. The van der Waals surface area contributed by atoms with Gasteiger partial charge in [0.2, 0.25) is 5.91 Å². The summed E-state index contributed by atoms with van der Waals surface area (Å²) in [6.07, 6.45) is 7.64. The molecule has 6 rings (SSSR count). The van der Waals surface area contributed by atoms with Crippen molar-refractivity contribution in [3.8, 4) is 5.75 Å². The molecule has 34 heavy (non-hydrogen) atoms. The van der Waals surface area contributed by atoms with Crippen molar-refractivity contribution in [3.63, 3.8) is 0 Å². The molecule has 2 unspecified atom stereocenters. The molecular formula is C27H30BrN3O3. The lowest BCUT2D eigenvalue weighted by Gasteiger charge is -2.61. The molecule has 0 aromatic heterocycles. The van der Waals surface area contributed by atoms with Gasteiger partial charge in [-0.05, 0) is 86.5 Å². The summed E-state index contributed by atoms with van der Waals surface area (Å²) >= 11 is 3.34. The molecule has 0 heterocycles. The van der Waals surface area contributed by atoms with Gasteiger partial charge in [0.25, 0.3) is 5.91 Å². The van der Waals surface area contributed by atoms with E-state index in [4.69, 9.17) is 0 Å². The van der Waals surface area contributed by atoms with Crippen molar-refractivity contribution in [2.45, 2.75) is 50.9 Å². The first-order valence-corrected chi connectivity index (χ1v) is 12.7. The quantitative estimate of drug-likeness (QED) is 0.382. The number of rotatable bonds is 6. The minimum atomic E-state index is -0.392. The number of aryl methyl sites for hydroxylation is 1. The first kappa shape index (κ1) is 23.1. The minimum Gasteiger partial charge on any atom is -0.507 e. The number of halogens is 1. The Balaban J connectivity index is 1.23. The molecule has 4 fully saturated rings. The topological polar surface area (TPSA) is 90.8 Å². The molecule has 4 aliphatic rings. The SMILES string of the molecule is Cc1ccc(C23CC4CC(CC(C(=O)NCC(=O)NN=Cc5cc(Br)ccc5O)(C4)C2)C3)cc1. The van der Waals surface area contributed by atoms with E-state index in [1.807, 2.05) is 0 Å². The fourth-order valence-electron chi connectivity index (χ4n) is 6.96. The maximum atomic E-state index is 13.4. The van der Waals surface area contributed by atoms with Gasteiger partial charge in [-0.1, -0.05) is 45.8 Å². The molecule has 2 aromatic carbocycles. The van der Waals surface area contributed by atoms with Crippen LogP contribution in [0.4, 0.5) is 0 Å². The normalized spacial score (nSPS) is 29.4. The molecule has 2 amide bonds. The van der Waals surface area contributed by atoms with Gasteiger partial charge in [-0.15, -0.1) is 0 Å². The average Bonchev–Trinajstić information content (AvgIpc) is 2.79. The Morgan fingerprint density at radius 2 is 1.82 bits per heavy atom. The summed E-state index contributed by atoms with van der Waals surface area (Å²) in [7, 11) is 0. The van der Waals surface area contributed by atoms with Crippen molar-refractivity contribution in [2.75, 3.05) is 6.54 Å². The lowest BCUT2D eigenvalue weighted by atomic mass is 9.42. The van der Waals surface area contributed by atoms with Crippen molar-refractivity contribution < 1.29 is 14.7 Å². The highest BCUT2D eigenvalue weighted by Crippen LogP contribution is 2.65. The molecule has 0 spiro atoms. The summed E-state index contributed by atoms with van der Waals surface area (Å²) in [6, 6.07) is 13.8. The summed E-state index contributed by atoms with van der Waals surface area (Å²) in [4.78, 5) is 25.8. The molecule has 3 N–H and O–H groups in total. The number of phenols is 1. The molecule has 6 nitrogen and oxygen atoms in total. The van der Waals surface area contributed by atoms with E-state index in [0.29, 0.717) is 17.4 Å². The third-order valence-corrected chi connectivity index (χ3v) is 8.49. The van der Waals surface area contributed by atoms with Crippen LogP contribution in [0.25, 0.3) is 0 Å². The third-order valence-electron chi connectivity index (χ3n) is 8.00. The van der Waals surface area contributed by atoms with Crippen LogP contribution in [0.3, 0.4) is 0 Å². The average molecular weight is 524 g/mol. The van der Waals surface area contributed by atoms with Crippen LogP contribution in [0.2, 0.25) is 0 Å². The Morgan fingerprint density at radius 1 is 1.12 bits per heavy atom. The lowest BCUT2D eigenvalue weighted by molar-refractivity contribution is -0.149. The molecule has 4 bridgehead atoms. The molecule has 4 aliphatic carbocycles. The van der Waals surface area contributed by atoms with Gasteiger partial charge in [-0.25, -0.2) is 5.43 Å². The number of aromatic hydroxyl groups is 1. The molecule has 178 valence electrons. The summed E-state index contributed by atoms with van der Waals surface area (Å²) in [5.74, 6) is 0.826. The second-order valence-corrected chi connectivity index (χ2v) is 11.5. The van der Waals surface area contributed by atoms with E-state index in [0.717, 1.165) is 23.7 Å². The highest BCUT2D eigenvalue weighted by atomic mass is 79.9. The van der Waals surface area contributed by atoms with E-state index < -0.39 is 5.91 Å². The minimum absolute atomic E-state index is 0.00171. The van der Waals surface area contributed by atoms with Gasteiger partial charge in [0.15, 0.2) is 0 Å². The predicted molar refractivity (Wildman–Crippen MR) is 135 cm³/mol. The van der Waals surface area contributed by atoms with E-state index in [-0.39, 0.29) is 29.0 Å². The highest BCUT2D eigenvalue weighted by Gasteiger charge is 2.60. The van der Waals surface area contributed by atoms with E-state index in [1.165, 1.54) is 36.6 Å². The zero-order valence-electron chi connectivity index (χ0n) is 19.3. The molecule has 0 saturated heterocycles. The zero-order chi connectivity index (χ0) is 23.9. The Morgan fingerprint density at radius 3 is 2.53 bits per heavy atom. The van der Waals surface area contributed by atoms with Crippen molar-refractivity contribution in [1.82, 2.24) is 10.7 Å². The standard InChI is InChI=1S/C27H30BrN3O3/c1-17-2-4-21(5-3-17)26-10-18-8-19(11-26)13-27(12-18,16-26)25(34)29-15-24(33)31-30-14-20-9-22(28)6-7-23(20)32/h2-7,9,14,18-19,32H,8,10-13,15-16H2,1H3,(H,29,34)(H,31,33). The molecule has 7 heteroatoms. The first-order chi connectivity index (χ1) is 16.3. The van der Waals surface area contributed by atoms with Gasteiger partial charge >= 0.3 is 0 Å². The number of phenolic OH excluding ortho intramolecular Hbond substituents is 1. The fourth-order valence-corrected chi connectivity index (χ4v) is 7.34. The maximum Gasteiger partial charge on any atom is 0.259 e. The van der Waals surface area contributed by atoms with Gasteiger partial charge < -0.3 is 10.4 Å². The van der Waals surface area contributed by atoms with Crippen LogP contribution >= 0.6 is 15.9 Å². The Hall–Kier alpha value is -2.67. The van der Waals surface area contributed by atoms with Crippen LogP contribution in [-0.4, -0.2) is 29.7 Å². The molecule has 0 aliphatic heterocycles. The lowest BCUT2D eigenvalue weighted by Crippen LogP contribution is -2.59. The summed E-state index contributed by atoms with van der Waals surface area (Å²) in [5.41, 5.74) is 5.23. The molecule has 2 atom stereocenters. The number of hydrazone groups is 1. The second kappa shape index (κ2) is 8.84. The number of carbonyl (C=O) groups is 2. The summed E-state index contributed by atoms with van der Waals surface area (Å²) in [6.45, 7) is 1.99. The highest BCUT2D eigenvalue weighted by molar-refractivity contribution is 9.10. The molecular weight excluding hydrogens is 494 g/mol. The van der Waals surface area contributed by atoms with Gasteiger partial charge in [0.1, 0.15) is 5.75 Å². The maximum absolute atomic E-state index is 13.4. The zero-order valence-corrected chi connectivity index (χ0v) is 20.9. The second-order valence-electron chi connectivity index (χ2n) is 10.6. The van der Waals surface area contributed by atoms with Crippen LogP contribution in [-0.2, 0) is 15.0 Å². The predicted octanol–water partition coefficient (Wildman–Crippen LogP) is 4.57. The molecule has 2 aromatic rings.